The van der Waals surface area contributed by atoms with Crippen LogP contribution in [-0.2, 0) is 16.6 Å². The molecule has 0 aliphatic heterocycles. The Morgan fingerprint density at radius 1 is 1.37 bits per heavy atom. The molecular weight excluding hydrogens is 348 g/mol. The Kier molecular flexibility index (Phi) is 4.39. The fourth-order valence-corrected chi connectivity index (χ4v) is 4.45. The minimum Gasteiger partial charge on any atom is -0.249 e. The molecule has 0 aliphatic rings. The van der Waals surface area contributed by atoms with Gasteiger partial charge in [0.25, 0.3) is 10.0 Å². The summed E-state index contributed by atoms with van der Waals surface area (Å²) in [4.78, 5) is 3.99. The van der Waals surface area contributed by atoms with Gasteiger partial charge in [0.15, 0.2) is 4.21 Å². The summed E-state index contributed by atoms with van der Waals surface area (Å²) in [6.07, 6.45) is 1.41. The van der Waals surface area contributed by atoms with Crippen LogP contribution in [0.2, 0.25) is 0 Å². The first-order valence-corrected chi connectivity index (χ1v) is 8.58. The van der Waals surface area contributed by atoms with Gasteiger partial charge in [-0.25, -0.2) is 13.4 Å². The molecule has 0 bridgehead atoms. The maximum Gasteiger partial charge on any atom is 0.254 e. The highest BCUT2D eigenvalue weighted by atomic mass is 79.9. The molecule has 1 aromatic carbocycles. The zero-order valence-corrected chi connectivity index (χ0v) is 13.7. The minimum atomic E-state index is -3.46. The SMILES string of the molecule is Cc1ncc(S(=O)(=O)N(C)Cc2ccccc2Br)s1. The smallest absolute Gasteiger partial charge is 0.249 e. The van der Waals surface area contributed by atoms with E-state index in [9.17, 15) is 8.42 Å². The van der Waals surface area contributed by atoms with Crippen molar-refractivity contribution in [3.05, 3.63) is 45.5 Å². The summed E-state index contributed by atoms with van der Waals surface area (Å²) in [5, 5.41) is 0.743. The van der Waals surface area contributed by atoms with Gasteiger partial charge in [0.05, 0.1) is 11.2 Å². The second-order valence-corrected chi connectivity index (χ2v) is 8.41. The minimum absolute atomic E-state index is 0.277. The van der Waals surface area contributed by atoms with Crippen molar-refractivity contribution in [2.45, 2.75) is 17.7 Å². The first kappa shape index (κ1) is 14.6. The van der Waals surface area contributed by atoms with Crippen LogP contribution >= 0.6 is 27.3 Å². The zero-order valence-electron chi connectivity index (χ0n) is 10.5. The van der Waals surface area contributed by atoms with E-state index in [1.165, 1.54) is 21.8 Å². The van der Waals surface area contributed by atoms with Gasteiger partial charge in [-0.3, -0.25) is 0 Å². The van der Waals surface area contributed by atoms with E-state index in [1.807, 2.05) is 24.3 Å². The van der Waals surface area contributed by atoms with E-state index in [0.29, 0.717) is 6.54 Å². The van der Waals surface area contributed by atoms with Crippen molar-refractivity contribution in [2.75, 3.05) is 7.05 Å². The zero-order chi connectivity index (χ0) is 14.0. The molecule has 2 rings (SSSR count). The average Bonchev–Trinajstić information content (AvgIpc) is 2.79. The molecule has 102 valence electrons. The second kappa shape index (κ2) is 5.70. The maximum atomic E-state index is 12.3. The summed E-state index contributed by atoms with van der Waals surface area (Å²) >= 11 is 4.61. The molecule has 0 spiro atoms. The first-order valence-electron chi connectivity index (χ1n) is 5.53. The highest BCUT2D eigenvalue weighted by Crippen LogP contribution is 2.24. The van der Waals surface area contributed by atoms with Crippen molar-refractivity contribution >= 4 is 37.3 Å². The lowest BCUT2D eigenvalue weighted by Gasteiger charge is -2.16. The van der Waals surface area contributed by atoms with Crippen LogP contribution in [0.5, 0.6) is 0 Å². The third kappa shape index (κ3) is 3.22. The van der Waals surface area contributed by atoms with Crippen molar-refractivity contribution in [2.24, 2.45) is 0 Å². The Bertz CT molecular complexity index is 683. The predicted octanol–water partition coefficient (Wildman–Crippen LogP) is 3.03. The lowest BCUT2D eigenvalue weighted by atomic mass is 10.2. The van der Waals surface area contributed by atoms with Crippen LogP contribution < -0.4 is 0 Å². The maximum absolute atomic E-state index is 12.3. The van der Waals surface area contributed by atoms with Crippen LogP contribution in [0.4, 0.5) is 0 Å². The molecule has 0 aliphatic carbocycles. The Hall–Kier alpha value is -0.760. The lowest BCUT2D eigenvalue weighted by Crippen LogP contribution is -2.26. The molecule has 0 N–H and O–H groups in total. The van der Waals surface area contributed by atoms with Gasteiger partial charge in [-0.15, -0.1) is 11.3 Å². The first-order chi connectivity index (χ1) is 8.91. The molecule has 0 saturated heterocycles. The molecule has 2 aromatic rings. The van der Waals surface area contributed by atoms with Gasteiger partial charge < -0.3 is 0 Å². The number of sulfonamides is 1. The molecule has 0 radical (unpaired) electrons. The van der Waals surface area contributed by atoms with Crippen molar-refractivity contribution in [3.8, 4) is 0 Å². The average molecular weight is 361 g/mol. The number of hydrogen-bond donors (Lipinski definition) is 0. The molecule has 7 heteroatoms. The predicted molar refractivity (Wildman–Crippen MR) is 79.6 cm³/mol. The molecule has 0 saturated carbocycles. The number of halogens is 1. The largest absolute Gasteiger partial charge is 0.254 e. The normalized spacial score (nSPS) is 12.0. The Morgan fingerprint density at radius 2 is 2.05 bits per heavy atom. The fraction of sp³-hybridized carbons (Fsp3) is 0.250. The molecule has 0 unspecified atom stereocenters. The summed E-state index contributed by atoms with van der Waals surface area (Å²) in [7, 11) is -1.89. The Labute approximate surface area is 125 Å². The van der Waals surface area contributed by atoms with Crippen molar-refractivity contribution < 1.29 is 8.42 Å². The third-order valence-corrected chi connectivity index (χ3v) is 6.54. The topological polar surface area (TPSA) is 50.3 Å². The summed E-state index contributed by atoms with van der Waals surface area (Å²) in [5.41, 5.74) is 0.926. The van der Waals surface area contributed by atoms with Gasteiger partial charge in [-0.05, 0) is 18.6 Å². The van der Waals surface area contributed by atoms with Crippen molar-refractivity contribution in [1.82, 2.24) is 9.29 Å². The van der Waals surface area contributed by atoms with Gasteiger partial charge in [-0.1, -0.05) is 34.1 Å². The van der Waals surface area contributed by atoms with E-state index in [1.54, 1.807) is 14.0 Å². The van der Waals surface area contributed by atoms with Crippen LogP contribution in [0.15, 0.2) is 39.1 Å². The molecule has 0 amide bonds. The van der Waals surface area contributed by atoms with E-state index in [2.05, 4.69) is 20.9 Å². The van der Waals surface area contributed by atoms with E-state index >= 15 is 0 Å². The number of nitrogens with zero attached hydrogens (tertiary/aromatic N) is 2. The van der Waals surface area contributed by atoms with Crippen molar-refractivity contribution in [1.29, 1.82) is 0 Å². The van der Waals surface area contributed by atoms with Crippen molar-refractivity contribution in [3.63, 3.8) is 0 Å². The lowest BCUT2D eigenvalue weighted by molar-refractivity contribution is 0.467. The number of aromatic nitrogens is 1. The standard InChI is InChI=1S/C12H13BrN2O2S2/c1-9-14-7-12(18-9)19(16,17)15(2)8-10-5-3-4-6-11(10)13/h3-7H,8H2,1-2H3. The molecular formula is C12H13BrN2O2S2. The number of benzene rings is 1. The summed E-state index contributed by atoms with van der Waals surface area (Å²) in [5.74, 6) is 0. The third-order valence-electron chi connectivity index (χ3n) is 2.62. The fourth-order valence-electron chi connectivity index (χ4n) is 1.57. The highest BCUT2D eigenvalue weighted by Gasteiger charge is 2.23. The number of thiazole rings is 1. The van der Waals surface area contributed by atoms with Crippen LogP contribution in [0.3, 0.4) is 0 Å². The molecule has 1 heterocycles. The summed E-state index contributed by atoms with van der Waals surface area (Å²) in [6.45, 7) is 2.11. The molecule has 4 nitrogen and oxygen atoms in total. The second-order valence-electron chi connectivity index (χ2n) is 4.05. The highest BCUT2D eigenvalue weighted by molar-refractivity contribution is 9.10. The quantitative estimate of drug-likeness (QED) is 0.841. The van der Waals surface area contributed by atoms with Gasteiger partial charge in [0.1, 0.15) is 0 Å². The molecule has 0 atom stereocenters. The van der Waals surface area contributed by atoms with Crippen LogP contribution in [-0.4, -0.2) is 24.8 Å². The Morgan fingerprint density at radius 3 is 2.63 bits per heavy atom. The van der Waals surface area contributed by atoms with Gasteiger partial charge in [-0.2, -0.15) is 4.31 Å². The number of hydrogen-bond acceptors (Lipinski definition) is 4. The van der Waals surface area contributed by atoms with Crippen LogP contribution in [0, 0.1) is 6.92 Å². The van der Waals surface area contributed by atoms with Gasteiger partial charge in [0, 0.05) is 18.1 Å². The monoisotopic (exact) mass is 360 g/mol. The Balaban J connectivity index is 2.25. The van der Waals surface area contributed by atoms with Gasteiger partial charge >= 0.3 is 0 Å². The van der Waals surface area contributed by atoms with E-state index in [0.717, 1.165) is 15.0 Å². The van der Waals surface area contributed by atoms with E-state index < -0.39 is 10.0 Å². The van der Waals surface area contributed by atoms with Crippen LogP contribution in [0.1, 0.15) is 10.6 Å². The molecule has 19 heavy (non-hydrogen) atoms. The summed E-state index contributed by atoms with van der Waals surface area (Å²) < 4.78 is 27.2. The number of rotatable bonds is 4. The van der Waals surface area contributed by atoms with Crippen LogP contribution in [0.25, 0.3) is 0 Å². The molecule has 1 aromatic heterocycles. The summed E-state index contributed by atoms with van der Waals surface area (Å²) in [6, 6.07) is 7.58. The van der Waals surface area contributed by atoms with Gasteiger partial charge in [0.2, 0.25) is 0 Å². The number of aryl methyl sites for hydroxylation is 1. The van der Waals surface area contributed by atoms with E-state index in [-0.39, 0.29) is 4.21 Å². The molecule has 0 fully saturated rings. The van der Waals surface area contributed by atoms with E-state index in [4.69, 9.17) is 0 Å².